The Labute approximate surface area is 174 Å². The van der Waals surface area contributed by atoms with Gasteiger partial charge in [-0.05, 0) is 55.5 Å². The van der Waals surface area contributed by atoms with Crippen LogP contribution in [0.5, 0.6) is 0 Å². The van der Waals surface area contributed by atoms with Crippen molar-refractivity contribution in [3.63, 3.8) is 0 Å². The van der Waals surface area contributed by atoms with Crippen LogP contribution in [0, 0.1) is 10.1 Å². The molecule has 2 aromatic carbocycles. The van der Waals surface area contributed by atoms with Gasteiger partial charge in [0, 0.05) is 53.1 Å². The van der Waals surface area contributed by atoms with Gasteiger partial charge < -0.3 is 10.6 Å². The number of benzene rings is 2. The first kappa shape index (κ1) is 19.6. The third-order valence-corrected chi connectivity index (χ3v) is 5.77. The van der Waals surface area contributed by atoms with Gasteiger partial charge in [-0.1, -0.05) is 23.7 Å². The van der Waals surface area contributed by atoms with Crippen LogP contribution in [0.25, 0.3) is 10.9 Å². The van der Waals surface area contributed by atoms with Gasteiger partial charge in [0.25, 0.3) is 5.69 Å². The van der Waals surface area contributed by atoms with E-state index in [0.717, 1.165) is 54.4 Å². The van der Waals surface area contributed by atoms with Crippen molar-refractivity contribution < 1.29 is 4.92 Å². The highest BCUT2D eigenvalue weighted by molar-refractivity contribution is 6.31. The van der Waals surface area contributed by atoms with Crippen LogP contribution in [0.2, 0.25) is 5.02 Å². The zero-order valence-electron chi connectivity index (χ0n) is 16.0. The van der Waals surface area contributed by atoms with Crippen molar-refractivity contribution in [2.45, 2.75) is 44.3 Å². The van der Waals surface area contributed by atoms with Gasteiger partial charge in [0.2, 0.25) is 0 Å². The molecule has 7 heteroatoms. The normalized spacial score (nSPS) is 19.2. The molecule has 0 amide bonds. The van der Waals surface area contributed by atoms with Crippen molar-refractivity contribution in [3.05, 3.63) is 75.4 Å². The molecule has 0 unspecified atom stereocenters. The number of nitrogens with zero attached hydrogens (tertiary/aromatic N) is 2. The first-order chi connectivity index (χ1) is 14.1. The summed E-state index contributed by atoms with van der Waals surface area (Å²) in [5.41, 5.74) is 3.21. The SMILES string of the molecule is O=[N+]([O-])c1ccc(CNC2CCC(Nc3ccnc4cc(Cl)ccc34)CC2)cc1. The van der Waals surface area contributed by atoms with Gasteiger partial charge in [0.15, 0.2) is 0 Å². The third kappa shape index (κ3) is 4.83. The predicted molar refractivity (Wildman–Crippen MR) is 116 cm³/mol. The van der Waals surface area contributed by atoms with Gasteiger partial charge in [0.05, 0.1) is 10.4 Å². The average Bonchev–Trinajstić information content (AvgIpc) is 2.73. The molecule has 4 rings (SSSR count). The molecule has 0 saturated heterocycles. The first-order valence-electron chi connectivity index (χ1n) is 9.86. The zero-order valence-corrected chi connectivity index (χ0v) is 16.7. The summed E-state index contributed by atoms with van der Waals surface area (Å²) in [6, 6.07) is 15.5. The molecule has 1 aromatic heterocycles. The Kier molecular flexibility index (Phi) is 5.92. The number of non-ortho nitro benzene ring substituents is 1. The molecule has 0 atom stereocenters. The largest absolute Gasteiger partial charge is 0.382 e. The van der Waals surface area contributed by atoms with Gasteiger partial charge in [-0.3, -0.25) is 15.1 Å². The Morgan fingerprint density at radius 1 is 1.03 bits per heavy atom. The highest BCUT2D eigenvalue weighted by Crippen LogP contribution is 2.28. The lowest BCUT2D eigenvalue weighted by Crippen LogP contribution is -2.36. The molecule has 1 saturated carbocycles. The third-order valence-electron chi connectivity index (χ3n) is 5.53. The van der Waals surface area contributed by atoms with Crippen LogP contribution >= 0.6 is 11.6 Å². The van der Waals surface area contributed by atoms with Gasteiger partial charge in [-0.25, -0.2) is 0 Å². The van der Waals surface area contributed by atoms with Crippen molar-refractivity contribution in [1.82, 2.24) is 10.3 Å². The Morgan fingerprint density at radius 3 is 2.48 bits per heavy atom. The minimum Gasteiger partial charge on any atom is -0.382 e. The maximum Gasteiger partial charge on any atom is 0.269 e. The standard InChI is InChI=1S/C22H23ClN4O2/c23-16-3-10-20-21(11-12-24-22(20)13-16)26-18-6-4-17(5-7-18)25-14-15-1-8-19(9-2-15)27(28)29/h1-3,8-13,17-18,25H,4-7,14H2,(H,24,26). The molecule has 0 spiro atoms. The summed E-state index contributed by atoms with van der Waals surface area (Å²) in [6.07, 6.45) is 6.20. The molecule has 6 nitrogen and oxygen atoms in total. The van der Waals surface area contributed by atoms with Crippen molar-refractivity contribution in [1.29, 1.82) is 0 Å². The number of pyridine rings is 1. The first-order valence-corrected chi connectivity index (χ1v) is 10.2. The Hall–Kier alpha value is -2.70. The number of nitrogens with one attached hydrogen (secondary N) is 2. The Bertz CT molecular complexity index is 1000. The van der Waals surface area contributed by atoms with Crippen molar-refractivity contribution in [2.24, 2.45) is 0 Å². The molecule has 1 heterocycles. The monoisotopic (exact) mass is 410 g/mol. The molecule has 0 aliphatic heterocycles. The predicted octanol–water partition coefficient (Wildman–Crippen LogP) is 5.31. The molecule has 1 fully saturated rings. The summed E-state index contributed by atoms with van der Waals surface area (Å²) in [6.45, 7) is 0.733. The second-order valence-electron chi connectivity index (χ2n) is 7.52. The van der Waals surface area contributed by atoms with E-state index in [1.165, 1.54) is 0 Å². The summed E-state index contributed by atoms with van der Waals surface area (Å²) in [4.78, 5) is 14.8. The van der Waals surface area contributed by atoms with Gasteiger partial charge in [0.1, 0.15) is 0 Å². The van der Waals surface area contributed by atoms with E-state index in [2.05, 4.69) is 15.6 Å². The van der Waals surface area contributed by atoms with Crippen LogP contribution in [0.4, 0.5) is 11.4 Å². The summed E-state index contributed by atoms with van der Waals surface area (Å²) in [5, 5.41) is 19.8. The maximum absolute atomic E-state index is 10.7. The fraction of sp³-hybridized carbons (Fsp3) is 0.318. The van der Waals surface area contributed by atoms with E-state index in [1.807, 2.05) is 42.6 Å². The van der Waals surface area contributed by atoms with Crippen LogP contribution in [0.1, 0.15) is 31.2 Å². The minimum atomic E-state index is -0.369. The number of anilines is 1. The van der Waals surface area contributed by atoms with Gasteiger partial charge in [-0.2, -0.15) is 0 Å². The van der Waals surface area contributed by atoms with Gasteiger partial charge >= 0.3 is 0 Å². The van der Waals surface area contributed by atoms with Crippen LogP contribution < -0.4 is 10.6 Å². The van der Waals surface area contributed by atoms with Crippen LogP contribution in [0.15, 0.2) is 54.7 Å². The quantitative estimate of drug-likeness (QED) is 0.425. The highest BCUT2D eigenvalue weighted by atomic mass is 35.5. The lowest BCUT2D eigenvalue weighted by atomic mass is 9.90. The molecular formula is C22H23ClN4O2. The van der Waals surface area contributed by atoms with Crippen molar-refractivity contribution in [2.75, 3.05) is 5.32 Å². The summed E-state index contributed by atoms with van der Waals surface area (Å²) >= 11 is 6.08. The van der Waals surface area contributed by atoms with Gasteiger partial charge in [-0.15, -0.1) is 0 Å². The number of rotatable bonds is 6. The fourth-order valence-corrected chi connectivity index (χ4v) is 4.07. The average molecular weight is 411 g/mol. The number of hydrogen-bond acceptors (Lipinski definition) is 5. The van der Waals surface area contributed by atoms with E-state index < -0.39 is 0 Å². The highest BCUT2D eigenvalue weighted by Gasteiger charge is 2.21. The Balaban J connectivity index is 1.29. The Morgan fingerprint density at radius 2 is 1.76 bits per heavy atom. The molecule has 1 aliphatic carbocycles. The fourth-order valence-electron chi connectivity index (χ4n) is 3.91. The second kappa shape index (κ2) is 8.76. The van der Waals surface area contributed by atoms with E-state index >= 15 is 0 Å². The van der Waals surface area contributed by atoms with Crippen molar-refractivity contribution >= 4 is 33.9 Å². The summed E-state index contributed by atoms with van der Waals surface area (Å²) in [7, 11) is 0. The number of fused-ring (bicyclic) bond motifs is 1. The molecule has 29 heavy (non-hydrogen) atoms. The zero-order chi connectivity index (χ0) is 20.2. The second-order valence-corrected chi connectivity index (χ2v) is 7.95. The lowest BCUT2D eigenvalue weighted by Gasteiger charge is -2.30. The lowest BCUT2D eigenvalue weighted by molar-refractivity contribution is -0.384. The smallest absolute Gasteiger partial charge is 0.269 e. The number of aromatic nitrogens is 1. The molecule has 150 valence electrons. The van der Waals surface area contributed by atoms with E-state index in [-0.39, 0.29) is 10.6 Å². The van der Waals surface area contributed by atoms with E-state index in [0.29, 0.717) is 17.1 Å². The molecule has 1 aliphatic rings. The number of hydrogen-bond donors (Lipinski definition) is 2. The van der Waals surface area contributed by atoms with Crippen LogP contribution in [-0.2, 0) is 6.54 Å². The molecule has 0 radical (unpaired) electrons. The topological polar surface area (TPSA) is 80.1 Å². The molecule has 3 aromatic rings. The van der Waals surface area contributed by atoms with Crippen LogP contribution in [0.3, 0.4) is 0 Å². The molecule has 2 N–H and O–H groups in total. The van der Waals surface area contributed by atoms with Crippen LogP contribution in [-0.4, -0.2) is 22.0 Å². The molecule has 0 bridgehead atoms. The number of nitro groups is 1. The number of halogens is 1. The summed E-state index contributed by atoms with van der Waals surface area (Å²) in [5.74, 6) is 0. The van der Waals surface area contributed by atoms with Crippen molar-refractivity contribution in [3.8, 4) is 0 Å². The maximum atomic E-state index is 10.7. The summed E-state index contributed by atoms with van der Waals surface area (Å²) < 4.78 is 0. The van der Waals surface area contributed by atoms with E-state index in [1.54, 1.807) is 12.1 Å². The van der Waals surface area contributed by atoms with E-state index in [4.69, 9.17) is 11.6 Å². The minimum absolute atomic E-state index is 0.131. The molecular weight excluding hydrogens is 388 g/mol. The number of nitro benzene ring substituents is 1. The van der Waals surface area contributed by atoms with E-state index in [9.17, 15) is 10.1 Å².